The van der Waals surface area contributed by atoms with Gasteiger partial charge in [0.05, 0.1) is 21.2 Å². The predicted octanol–water partition coefficient (Wildman–Crippen LogP) is 7.81. The van der Waals surface area contributed by atoms with Crippen LogP contribution < -0.4 is 5.32 Å². The second kappa shape index (κ2) is 16.8. The molecular weight excluding hydrogens is 721 g/mol. The summed E-state index contributed by atoms with van der Waals surface area (Å²) in [6, 6.07) is 28.2. The number of rotatable bonds is 12. The summed E-state index contributed by atoms with van der Waals surface area (Å²) < 4.78 is 0. The summed E-state index contributed by atoms with van der Waals surface area (Å²) >= 11 is 12.2. The maximum absolute atomic E-state index is 14.5. The zero-order valence-corrected chi connectivity index (χ0v) is 31.7. The normalized spacial score (nSPS) is 13.4. The van der Waals surface area contributed by atoms with E-state index in [1.165, 1.54) is 0 Å². The lowest BCUT2D eigenvalue weighted by atomic mass is 10.0. The van der Waals surface area contributed by atoms with Crippen LogP contribution in [0.3, 0.4) is 0 Å². The first-order valence-electron chi connectivity index (χ1n) is 18.2. The smallest absolute Gasteiger partial charge is 0.321 e. The average Bonchev–Trinajstić information content (AvgIpc) is 3.82. The van der Waals surface area contributed by atoms with Crippen LogP contribution in [0.2, 0.25) is 10.0 Å². The van der Waals surface area contributed by atoms with E-state index >= 15 is 0 Å². The molecule has 0 radical (unpaired) electrons. The van der Waals surface area contributed by atoms with Gasteiger partial charge < -0.3 is 30.0 Å². The number of fused-ring (bicyclic) bond motifs is 2. The number of carbonyl (C=O) groups is 3. The van der Waals surface area contributed by atoms with Crippen molar-refractivity contribution in [3.8, 4) is 0 Å². The summed E-state index contributed by atoms with van der Waals surface area (Å²) in [7, 11) is 1.79. The van der Waals surface area contributed by atoms with Crippen LogP contribution in [-0.2, 0) is 12.8 Å². The van der Waals surface area contributed by atoms with Crippen molar-refractivity contribution in [2.24, 2.45) is 0 Å². The van der Waals surface area contributed by atoms with Gasteiger partial charge in [-0.15, -0.1) is 0 Å². The number of halogens is 2. The number of piperazine rings is 1. The number of hydrogen-bond acceptors (Lipinski definition) is 4. The van der Waals surface area contributed by atoms with Gasteiger partial charge in [-0.05, 0) is 66.4 Å². The largest absolute Gasteiger partial charge is 0.361 e. The van der Waals surface area contributed by atoms with Gasteiger partial charge in [0.1, 0.15) is 0 Å². The zero-order chi connectivity index (χ0) is 37.6. The zero-order valence-electron chi connectivity index (χ0n) is 30.2. The Balaban J connectivity index is 1.02. The van der Waals surface area contributed by atoms with Gasteiger partial charge in [-0.25, -0.2) is 4.79 Å². The number of aromatic nitrogens is 2. The lowest BCUT2D eigenvalue weighted by molar-refractivity contribution is 0.0704. The third-order valence-electron chi connectivity index (χ3n) is 10.3. The Labute approximate surface area is 324 Å². The quantitative estimate of drug-likeness (QED) is 0.118. The molecule has 3 N–H and O–H groups in total. The number of aromatic amines is 2. The number of H-pyrrole nitrogens is 2. The second-order valence-electron chi connectivity index (χ2n) is 13.7. The number of para-hydroxylation sites is 2. The Hall–Kier alpha value is -5.29. The highest BCUT2D eigenvalue weighted by Gasteiger charge is 2.26. The summed E-state index contributed by atoms with van der Waals surface area (Å²) in [4.78, 5) is 55.7. The number of carbonyl (C=O) groups excluding carboxylic acids is 3. The maximum Gasteiger partial charge on any atom is 0.321 e. The lowest BCUT2D eigenvalue weighted by Crippen LogP contribution is -2.51. The van der Waals surface area contributed by atoms with Gasteiger partial charge in [-0.3, -0.25) is 14.5 Å². The van der Waals surface area contributed by atoms with Gasteiger partial charge in [0.25, 0.3) is 11.8 Å². The van der Waals surface area contributed by atoms with Crippen molar-refractivity contribution in [2.75, 3.05) is 64.7 Å². The van der Waals surface area contributed by atoms with Crippen LogP contribution in [-0.4, -0.2) is 107 Å². The van der Waals surface area contributed by atoms with Crippen LogP contribution in [0.15, 0.2) is 103 Å². The molecule has 10 nitrogen and oxygen atoms in total. The van der Waals surface area contributed by atoms with Gasteiger partial charge in [0, 0.05) is 99.3 Å². The van der Waals surface area contributed by atoms with Crippen molar-refractivity contribution in [2.45, 2.75) is 12.8 Å². The molecule has 4 aromatic carbocycles. The Bertz CT molecular complexity index is 2280. The molecule has 2 aromatic heterocycles. The Morgan fingerprint density at radius 1 is 0.685 bits per heavy atom. The fraction of sp³-hybridized carbons (Fsp3) is 0.262. The van der Waals surface area contributed by atoms with Crippen molar-refractivity contribution >= 4 is 68.5 Å². The van der Waals surface area contributed by atoms with Crippen molar-refractivity contribution in [3.05, 3.63) is 136 Å². The minimum absolute atomic E-state index is 0.177. The van der Waals surface area contributed by atoms with Crippen molar-refractivity contribution in [3.63, 3.8) is 0 Å². The van der Waals surface area contributed by atoms with E-state index < -0.39 is 0 Å². The molecule has 278 valence electrons. The van der Waals surface area contributed by atoms with Gasteiger partial charge >= 0.3 is 6.03 Å². The van der Waals surface area contributed by atoms with Crippen LogP contribution in [0.4, 0.5) is 10.5 Å². The number of urea groups is 1. The number of likely N-dealkylation sites (N-methyl/N-ethyl adjacent to an activating group) is 1. The third kappa shape index (κ3) is 8.41. The molecule has 0 spiro atoms. The molecule has 0 saturated carbocycles. The highest BCUT2D eigenvalue weighted by molar-refractivity contribution is 6.42. The van der Waals surface area contributed by atoms with Crippen LogP contribution in [0.25, 0.3) is 21.8 Å². The standard InChI is InChI=1S/C42H43Cl2N7O3/c1-48(18-16-29-27-45-38-12-6-4-8-32(29)38)40(52)34-10-2-3-11-35(34)41(53)50(19-17-30-28-46-39-13-7-5-9-33(30)39)23-20-49-21-24-51(25-22-49)42(54)47-31-14-15-36(43)37(44)26-31/h2-15,26-28,45-46H,16-25H2,1H3,(H,47,54). The molecule has 1 aliphatic rings. The first-order valence-corrected chi connectivity index (χ1v) is 19.0. The molecule has 0 atom stereocenters. The van der Waals surface area contributed by atoms with Crippen LogP contribution in [0.1, 0.15) is 31.8 Å². The average molecular weight is 765 g/mol. The van der Waals surface area contributed by atoms with E-state index in [2.05, 4.69) is 32.3 Å². The fourth-order valence-corrected chi connectivity index (χ4v) is 7.38. The van der Waals surface area contributed by atoms with Gasteiger partial charge in [-0.2, -0.15) is 0 Å². The minimum atomic E-state index is -0.198. The van der Waals surface area contributed by atoms with E-state index in [0.29, 0.717) is 92.1 Å². The van der Waals surface area contributed by atoms with Crippen LogP contribution in [0.5, 0.6) is 0 Å². The van der Waals surface area contributed by atoms with E-state index in [0.717, 1.165) is 32.9 Å². The molecule has 1 aliphatic heterocycles. The summed E-state index contributed by atoms with van der Waals surface area (Å²) in [6.45, 7) is 4.48. The molecule has 54 heavy (non-hydrogen) atoms. The highest BCUT2D eigenvalue weighted by Crippen LogP contribution is 2.26. The number of amides is 4. The molecule has 6 aromatic rings. The summed E-state index contributed by atoms with van der Waals surface area (Å²) in [5.74, 6) is -0.367. The monoisotopic (exact) mass is 763 g/mol. The maximum atomic E-state index is 14.5. The second-order valence-corrected chi connectivity index (χ2v) is 14.5. The van der Waals surface area contributed by atoms with Crippen LogP contribution in [0, 0.1) is 0 Å². The number of nitrogens with zero attached hydrogens (tertiary/aromatic N) is 4. The van der Waals surface area contributed by atoms with Crippen LogP contribution >= 0.6 is 23.2 Å². The molecule has 1 saturated heterocycles. The summed E-state index contributed by atoms with van der Waals surface area (Å²) in [5.41, 5.74) is 5.76. The Morgan fingerprint density at radius 3 is 1.89 bits per heavy atom. The molecule has 0 bridgehead atoms. The fourth-order valence-electron chi connectivity index (χ4n) is 7.08. The van der Waals surface area contributed by atoms with E-state index in [4.69, 9.17) is 23.2 Å². The Morgan fingerprint density at radius 2 is 1.26 bits per heavy atom. The summed E-state index contributed by atoms with van der Waals surface area (Å²) in [5, 5.41) is 5.99. The molecule has 0 unspecified atom stereocenters. The van der Waals surface area contributed by atoms with E-state index in [1.54, 1.807) is 47.2 Å². The van der Waals surface area contributed by atoms with E-state index in [1.807, 2.05) is 65.8 Å². The molecular formula is C42H43Cl2N7O3. The minimum Gasteiger partial charge on any atom is -0.361 e. The predicted molar refractivity (Wildman–Crippen MR) is 217 cm³/mol. The van der Waals surface area contributed by atoms with Gasteiger partial charge in [0.2, 0.25) is 0 Å². The van der Waals surface area contributed by atoms with Crippen molar-refractivity contribution in [1.82, 2.24) is 29.6 Å². The van der Waals surface area contributed by atoms with Gasteiger partial charge in [-0.1, -0.05) is 71.7 Å². The summed E-state index contributed by atoms with van der Waals surface area (Å²) in [6.07, 6.45) is 5.34. The number of nitrogens with one attached hydrogen (secondary N) is 3. The number of hydrogen-bond donors (Lipinski definition) is 3. The molecule has 3 heterocycles. The first kappa shape index (κ1) is 37.0. The third-order valence-corrected chi connectivity index (χ3v) is 11.0. The molecule has 0 aliphatic carbocycles. The lowest BCUT2D eigenvalue weighted by Gasteiger charge is -2.36. The molecule has 12 heteroatoms. The van der Waals surface area contributed by atoms with Crippen molar-refractivity contribution in [1.29, 1.82) is 0 Å². The first-order chi connectivity index (χ1) is 26.2. The van der Waals surface area contributed by atoms with E-state index in [-0.39, 0.29) is 17.8 Å². The topological polar surface area (TPSA) is 108 Å². The molecule has 1 fully saturated rings. The molecule has 7 rings (SSSR count). The van der Waals surface area contributed by atoms with Gasteiger partial charge in [0.15, 0.2) is 0 Å². The van der Waals surface area contributed by atoms with Crippen molar-refractivity contribution < 1.29 is 14.4 Å². The van der Waals surface area contributed by atoms with E-state index in [9.17, 15) is 14.4 Å². The Kier molecular flexibility index (Phi) is 11.5. The molecule has 4 amide bonds. The SMILES string of the molecule is CN(CCc1c[nH]c2ccccc12)C(=O)c1ccccc1C(=O)N(CCc1c[nH]c2ccccc12)CCN1CCN(C(=O)Nc2ccc(Cl)c(Cl)c2)CC1. The number of benzene rings is 4. The highest BCUT2D eigenvalue weighted by atomic mass is 35.5. The number of anilines is 1.